The molecule has 1 amide bonds. The van der Waals surface area contributed by atoms with E-state index < -0.39 is 0 Å². The van der Waals surface area contributed by atoms with Crippen molar-refractivity contribution >= 4 is 17.4 Å². The van der Waals surface area contributed by atoms with E-state index in [1.165, 1.54) is 11.8 Å². The van der Waals surface area contributed by atoms with Crippen molar-refractivity contribution in [3.05, 3.63) is 77.2 Å². The first-order valence-electron chi connectivity index (χ1n) is 9.19. The van der Waals surface area contributed by atoms with Crippen LogP contribution in [0.4, 0.5) is 11.5 Å². The molecule has 3 rings (SSSR count). The van der Waals surface area contributed by atoms with Crippen LogP contribution in [0, 0.1) is 6.92 Å². The van der Waals surface area contributed by atoms with Crippen molar-refractivity contribution in [1.82, 2.24) is 15.3 Å². The Hall–Kier alpha value is -3.41. The van der Waals surface area contributed by atoms with Gasteiger partial charge >= 0.3 is 0 Å². The molecule has 1 aromatic heterocycles. The van der Waals surface area contributed by atoms with Crippen molar-refractivity contribution in [2.45, 2.75) is 26.8 Å². The van der Waals surface area contributed by atoms with Crippen molar-refractivity contribution in [1.29, 1.82) is 0 Å². The van der Waals surface area contributed by atoms with E-state index in [0.29, 0.717) is 12.4 Å². The molecule has 0 bridgehead atoms. The van der Waals surface area contributed by atoms with Crippen molar-refractivity contribution < 1.29 is 9.53 Å². The van der Waals surface area contributed by atoms with Gasteiger partial charge < -0.3 is 15.4 Å². The number of anilines is 2. The molecule has 28 heavy (non-hydrogen) atoms. The standard InChI is InChI=1S/C22H24N4O2/c1-4-17-7-5-6-15(2)21(17)26-20-14-23-19(13-24-20)22(27)25-12-16-8-10-18(28-3)11-9-16/h5-11,13-14H,4,12H2,1-3H3,(H,24,26)(H,25,27). The molecule has 0 radical (unpaired) electrons. The lowest BCUT2D eigenvalue weighted by Gasteiger charge is -2.13. The van der Waals surface area contributed by atoms with E-state index in [1.807, 2.05) is 30.3 Å². The molecule has 3 aromatic rings. The molecular weight excluding hydrogens is 352 g/mol. The topological polar surface area (TPSA) is 76.1 Å². The summed E-state index contributed by atoms with van der Waals surface area (Å²) < 4.78 is 5.13. The highest BCUT2D eigenvalue weighted by Gasteiger charge is 2.10. The third-order valence-corrected chi connectivity index (χ3v) is 4.49. The SMILES string of the molecule is CCc1cccc(C)c1Nc1cnc(C(=O)NCc2ccc(OC)cc2)cn1. The van der Waals surface area contributed by atoms with Gasteiger partial charge in [0.1, 0.15) is 17.3 Å². The van der Waals surface area contributed by atoms with Crippen LogP contribution in [0.5, 0.6) is 5.75 Å². The molecule has 0 atom stereocenters. The summed E-state index contributed by atoms with van der Waals surface area (Å²) in [5.74, 6) is 1.12. The van der Waals surface area contributed by atoms with Crippen LogP contribution >= 0.6 is 0 Å². The number of hydrogen-bond donors (Lipinski definition) is 2. The normalized spacial score (nSPS) is 10.4. The molecule has 0 unspecified atom stereocenters. The number of nitrogens with one attached hydrogen (secondary N) is 2. The second-order valence-corrected chi connectivity index (χ2v) is 6.41. The van der Waals surface area contributed by atoms with Crippen molar-refractivity contribution in [3.63, 3.8) is 0 Å². The highest BCUT2D eigenvalue weighted by Crippen LogP contribution is 2.24. The lowest BCUT2D eigenvalue weighted by Crippen LogP contribution is -2.24. The number of ether oxygens (including phenoxy) is 1. The molecular formula is C22H24N4O2. The maximum absolute atomic E-state index is 12.3. The van der Waals surface area contributed by atoms with Crippen LogP contribution in [0.1, 0.15) is 34.1 Å². The first-order valence-corrected chi connectivity index (χ1v) is 9.19. The summed E-state index contributed by atoms with van der Waals surface area (Å²) in [7, 11) is 1.62. The number of methoxy groups -OCH3 is 1. The number of hydrogen-bond acceptors (Lipinski definition) is 5. The van der Waals surface area contributed by atoms with Crippen LogP contribution in [0.25, 0.3) is 0 Å². The van der Waals surface area contributed by atoms with Crippen LogP contribution in [-0.2, 0) is 13.0 Å². The van der Waals surface area contributed by atoms with E-state index in [2.05, 4.69) is 46.6 Å². The Morgan fingerprint density at radius 1 is 1.07 bits per heavy atom. The summed E-state index contributed by atoms with van der Waals surface area (Å²) in [5.41, 5.74) is 4.65. The maximum atomic E-state index is 12.3. The Balaban J connectivity index is 1.62. The van der Waals surface area contributed by atoms with E-state index in [4.69, 9.17) is 4.74 Å². The van der Waals surface area contributed by atoms with Crippen LogP contribution in [0.15, 0.2) is 54.9 Å². The van der Waals surface area contributed by atoms with Crippen LogP contribution in [0.3, 0.4) is 0 Å². The molecule has 1 heterocycles. The van der Waals surface area contributed by atoms with Gasteiger partial charge in [-0.2, -0.15) is 0 Å². The molecule has 6 nitrogen and oxygen atoms in total. The predicted octanol–water partition coefficient (Wildman–Crippen LogP) is 4.03. The average Bonchev–Trinajstić information content (AvgIpc) is 2.74. The number of aromatic nitrogens is 2. The average molecular weight is 376 g/mol. The van der Waals surface area contributed by atoms with Gasteiger partial charge in [-0.05, 0) is 42.2 Å². The van der Waals surface area contributed by atoms with Crippen molar-refractivity contribution in [2.24, 2.45) is 0 Å². The summed E-state index contributed by atoms with van der Waals surface area (Å²) in [6, 6.07) is 13.7. The molecule has 0 aliphatic heterocycles. The van der Waals surface area contributed by atoms with Crippen LogP contribution in [-0.4, -0.2) is 23.0 Å². The fraction of sp³-hybridized carbons (Fsp3) is 0.227. The van der Waals surface area contributed by atoms with Gasteiger partial charge in [-0.3, -0.25) is 4.79 Å². The third kappa shape index (κ3) is 4.65. The molecule has 0 aliphatic rings. The van der Waals surface area contributed by atoms with Crippen molar-refractivity contribution in [2.75, 3.05) is 12.4 Å². The first kappa shape index (κ1) is 19.4. The minimum atomic E-state index is -0.264. The Morgan fingerprint density at radius 3 is 2.50 bits per heavy atom. The largest absolute Gasteiger partial charge is 0.497 e. The quantitative estimate of drug-likeness (QED) is 0.651. The lowest BCUT2D eigenvalue weighted by atomic mass is 10.1. The van der Waals surface area contributed by atoms with Gasteiger partial charge in [0.15, 0.2) is 0 Å². The number of benzene rings is 2. The molecule has 144 valence electrons. The second-order valence-electron chi connectivity index (χ2n) is 6.41. The first-order chi connectivity index (χ1) is 13.6. The van der Waals surface area contributed by atoms with E-state index in [9.17, 15) is 4.79 Å². The Kier molecular flexibility index (Phi) is 6.22. The number of nitrogens with zero attached hydrogens (tertiary/aromatic N) is 2. The molecule has 0 spiro atoms. The Bertz CT molecular complexity index is 938. The molecule has 6 heteroatoms. The maximum Gasteiger partial charge on any atom is 0.271 e. The predicted molar refractivity (Wildman–Crippen MR) is 110 cm³/mol. The van der Waals surface area contributed by atoms with Crippen LogP contribution < -0.4 is 15.4 Å². The Labute approximate surface area is 165 Å². The molecule has 0 saturated heterocycles. The second kappa shape index (κ2) is 8.99. The fourth-order valence-electron chi connectivity index (χ4n) is 2.86. The Morgan fingerprint density at radius 2 is 1.86 bits per heavy atom. The number of carbonyl (C=O) groups excluding carboxylic acids is 1. The number of para-hydroxylation sites is 1. The summed E-state index contributed by atoms with van der Waals surface area (Å²) in [6.07, 6.45) is 3.98. The van der Waals surface area contributed by atoms with Gasteiger partial charge in [-0.1, -0.05) is 37.3 Å². The fourth-order valence-corrected chi connectivity index (χ4v) is 2.86. The number of carbonyl (C=O) groups is 1. The molecule has 0 fully saturated rings. The summed E-state index contributed by atoms with van der Waals surface area (Å²) >= 11 is 0. The molecule has 2 aromatic carbocycles. The van der Waals surface area contributed by atoms with Gasteiger partial charge in [0.25, 0.3) is 5.91 Å². The van der Waals surface area contributed by atoms with Gasteiger partial charge in [0, 0.05) is 12.2 Å². The van der Waals surface area contributed by atoms with Gasteiger partial charge in [0.05, 0.1) is 19.5 Å². The molecule has 0 aliphatic carbocycles. The number of amides is 1. The van der Waals surface area contributed by atoms with E-state index >= 15 is 0 Å². The monoisotopic (exact) mass is 376 g/mol. The van der Waals surface area contributed by atoms with Gasteiger partial charge in [-0.25, -0.2) is 9.97 Å². The van der Waals surface area contributed by atoms with Gasteiger partial charge in [-0.15, -0.1) is 0 Å². The smallest absolute Gasteiger partial charge is 0.271 e. The summed E-state index contributed by atoms with van der Waals surface area (Å²) in [6.45, 7) is 4.57. The van der Waals surface area contributed by atoms with Crippen molar-refractivity contribution in [3.8, 4) is 5.75 Å². The van der Waals surface area contributed by atoms with E-state index in [-0.39, 0.29) is 11.6 Å². The third-order valence-electron chi connectivity index (χ3n) is 4.49. The zero-order valence-corrected chi connectivity index (χ0v) is 16.3. The zero-order chi connectivity index (χ0) is 19.9. The van der Waals surface area contributed by atoms with Gasteiger partial charge in [0.2, 0.25) is 0 Å². The zero-order valence-electron chi connectivity index (χ0n) is 16.3. The summed E-state index contributed by atoms with van der Waals surface area (Å²) in [4.78, 5) is 20.9. The number of aryl methyl sites for hydroxylation is 2. The van der Waals surface area contributed by atoms with E-state index in [0.717, 1.165) is 29.0 Å². The lowest BCUT2D eigenvalue weighted by molar-refractivity contribution is 0.0945. The van der Waals surface area contributed by atoms with Crippen LogP contribution in [0.2, 0.25) is 0 Å². The highest BCUT2D eigenvalue weighted by molar-refractivity contribution is 5.92. The highest BCUT2D eigenvalue weighted by atomic mass is 16.5. The van der Waals surface area contributed by atoms with E-state index in [1.54, 1.807) is 13.3 Å². The minimum absolute atomic E-state index is 0.264. The molecule has 0 saturated carbocycles. The molecule has 2 N–H and O–H groups in total. The number of rotatable bonds is 7. The summed E-state index contributed by atoms with van der Waals surface area (Å²) in [5, 5.41) is 6.16. The minimum Gasteiger partial charge on any atom is -0.497 e.